The summed E-state index contributed by atoms with van der Waals surface area (Å²) >= 11 is 4.40. The number of carbonyl (C=O) groups excluding carboxylic acids is 4. The summed E-state index contributed by atoms with van der Waals surface area (Å²) in [7, 11) is 0. The zero-order valence-corrected chi connectivity index (χ0v) is 27.9. The molecule has 1 heterocycles. The van der Waals surface area contributed by atoms with Gasteiger partial charge in [0, 0.05) is 5.69 Å². The Bertz CT molecular complexity index is 1900. The highest BCUT2D eigenvalue weighted by Crippen LogP contribution is 2.44. The zero-order valence-electron chi connectivity index (χ0n) is 27.0. The average Bonchev–Trinajstić information content (AvgIpc) is 3.19. The first-order valence-electron chi connectivity index (χ1n) is 15.9. The Morgan fingerprint density at radius 1 is 0.922 bits per heavy atom. The van der Waals surface area contributed by atoms with Crippen LogP contribution in [0.2, 0.25) is 0 Å². The number of thiol groups is 1. The van der Waals surface area contributed by atoms with E-state index in [1.165, 1.54) is 9.80 Å². The number of nitrogens with two attached hydrogens (primary N) is 1. The van der Waals surface area contributed by atoms with E-state index in [2.05, 4.69) is 22.7 Å². The van der Waals surface area contributed by atoms with E-state index in [0.29, 0.717) is 36.1 Å². The maximum atomic E-state index is 15.1. The third kappa shape index (κ3) is 8.76. The largest absolute Gasteiger partial charge is 0.491 e. The van der Waals surface area contributed by atoms with E-state index < -0.39 is 48.4 Å². The second kappa shape index (κ2) is 15.9. The molecular formula is C37H34F3N5O5S. The number of guanidine groups is 1. The van der Waals surface area contributed by atoms with Crippen molar-refractivity contribution in [1.82, 2.24) is 10.2 Å². The van der Waals surface area contributed by atoms with Crippen LogP contribution in [-0.4, -0.2) is 46.2 Å². The number of para-hydroxylation sites is 1. The number of benzene rings is 4. The Labute approximate surface area is 297 Å². The molecule has 3 atom stereocenters. The first-order chi connectivity index (χ1) is 24.3. The molecular weight excluding hydrogens is 683 g/mol. The van der Waals surface area contributed by atoms with Crippen LogP contribution in [0.3, 0.4) is 0 Å². The van der Waals surface area contributed by atoms with Gasteiger partial charge in [-0.1, -0.05) is 84.9 Å². The number of fused-ring (bicyclic) bond motifs is 1. The molecule has 0 saturated heterocycles. The lowest BCUT2D eigenvalue weighted by Crippen LogP contribution is -2.44. The van der Waals surface area contributed by atoms with Crippen molar-refractivity contribution in [3.8, 4) is 0 Å². The van der Waals surface area contributed by atoms with Crippen molar-refractivity contribution in [2.24, 2.45) is 5.73 Å². The topological polar surface area (TPSA) is 146 Å². The average molecular weight is 718 g/mol. The molecule has 4 aromatic rings. The van der Waals surface area contributed by atoms with Gasteiger partial charge in [0.15, 0.2) is 5.96 Å². The van der Waals surface area contributed by atoms with Crippen LogP contribution in [0, 0.1) is 5.41 Å². The summed E-state index contributed by atoms with van der Waals surface area (Å²) in [5, 5.41) is 9.75. The van der Waals surface area contributed by atoms with Crippen molar-refractivity contribution in [1.29, 1.82) is 5.41 Å². The van der Waals surface area contributed by atoms with E-state index in [0.717, 1.165) is 5.56 Å². The second-order valence-electron chi connectivity index (χ2n) is 11.7. The number of nitrogens with one attached hydrogen (secondary N) is 2. The molecule has 0 saturated carbocycles. The Morgan fingerprint density at radius 2 is 1.53 bits per heavy atom. The highest BCUT2D eigenvalue weighted by Gasteiger charge is 2.47. The normalized spacial score (nSPS) is 15.7. The molecule has 51 heavy (non-hydrogen) atoms. The van der Waals surface area contributed by atoms with Crippen LogP contribution >= 0.6 is 12.6 Å². The van der Waals surface area contributed by atoms with Gasteiger partial charge in [0.1, 0.15) is 6.04 Å². The molecule has 0 aliphatic carbocycles. The SMILES string of the molecule is N=C(N)NC(S)CCCc1ccc2c(c1)C(=O)N(C(CC(=O)OC(=O)C(F)(F)F)c1ccccc1)C(c1ccccc1)C(=O)N2c1ccccc1. The van der Waals surface area contributed by atoms with Crippen LogP contribution in [0.4, 0.5) is 24.5 Å². The molecule has 1 aliphatic rings. The van der Waals surface area contributed by atoms with Crippen molar-refractivity contribution < 1.29 is 37.1 Å². The Morgan fingerprint density at radius 3 is 2.14 bits per heavy atom. The zero-order chi connectivity index (χ0) is 36.7. The number of halogens is 3. The summed E-state index contributed by atoms with van der Waals surface area (Å²) in [6.45, 7) is 0. The van der Waals surface area contributed by atoms with Gasteiger partial charge >= 0.3 is 18.1 Å². The summed E-state index contributed by atoms with van der Waals surface area (Å²) < 4.78 is 43.5. The summed E-state index contributed by atoms with van der Waals surface area (Å²) in [6, 6.07) is 27.5. The number of hydrogen-bond donors (Lipinski definition) is 4. The monoisotopic (exact) mass is 717 g/mol. The van der Waals surface area contributed by atoms with Crippen LogP contribution in [0.25, 0.3) is 0 Å². The van der Waals surface area contributed by atoms with Gasteiger partial charge in [-0.15, -0.1) is 0 Å². The van der Waals surface area contributed by atoms with Crippen molar-refractivity contribution in [3.05, 3.63) is 131 Å². The van der Waals surface area contributed by atoms with E-state index in [9.17, 15) is 27.6 Å². The maximum absolute atomic E-state index is 15.1. The van der Waals surface area contributed by atoms with E-state index in [4.69, 9.17) is 11.1 Å². The molecule has 3 unspecified atom stereocenters. The van der Waals surface area contributed by atoms with E-state index in [1.54, 1.807) is 109 Å². The molecule has 10 nitrogen and oxygen atoms in total. The van der Waals surface area contributed by atoms with Crippen LogP contribution < -0.4 is 16.0 Å². The predicted molar refractivity (Wildman–Crippen MR) is 187 cm³/mol. The minimum absolute atomic E-state index is 0.105. The minimum atomic E-state index is -5.43. The lowest BCUT2D eigenvalue weighted by atomic mass is 9.95. The van der Waals surface area contributed by atoms with Crippen LogP contribution in [-0.2, 0) is 25.5 Å². The number of carbonyl (C=O) groups is 4. The van der Waals surface area contributed by atoms with Crippen molar-refractivity contribution in [2.45, 2.75) is 49.3 Å². The molecule has 1 aliphatic heterocycles. The summed E-state index contributed by atoms with van der Waals surface area (Å²) in [5.74, 6) is -5.69. The van der Waals surface area contributed by atoms with E-state index in [-0.39, 0.29) is 22.6 Å². The standard InChI is InChI=1S/C37H34F3N5O5S/c38-37(39,40)35(49)50-31(46)22-29(24-12-4-1-5-13-24)45-32(25-14-6-2-7-15-25)34(48)44(26-16-8-3-9-17-26)28-20-19-23(21-27(28)33(45)47)11-10-18-30(51)43-36(41)42/h1-9,12-17,19-21,29-30,32,51H,10-11,18,22H2,(H4,41,42,43). The number of anilines is 2. The van der Waals surface area contributed by atoms with Crippen molar-refractivity contribution in [3.63, 3.8) is 0 Å². The second-order valence-corrected chi connectivity index (χ2v) is 12.4. The molecule has 4 aromatic carbocycles. The van der Waals surface area contributed by atoms with E-state index in [1.807, 2.05) is 0 Å². The van der Waals surface area contributed by atoms with Crippen molar-refractivity contribution >= 4 is 53.7 Å². The number of hydrogen-bond acceptors (Lipinski definition) is 7. The lowest BCUT2D eigenvalue weighted by Gasteiger charge is -2.37. The molecule has 0 spiro atoms. The van der Waals surface area contributed by atoms with Gasteiger partial charge in [-0.05, 0) is 60.2 Å². The maximum Gasteiger partial charge on any atom is 0.491 e. The summed E-state index contributed by atoms with van der Waals surface area (Å²) in [4.78, 5) is 57.4. The highest BCUT2D eigenvalue weighted by atomic mass is 32.1. The Kier molecular flexibility index (Phi) is 11.4. The smallest absolute Gasteiger partial charge is 0.386 e. The van der Waals surface area contributed by atoms with Gasteiger partial charge in [-0.25, -0.2) is 4.79 Å². The van der Waals surface area contributed by atoms with E-state index >= 15 is 4.79 Å². The lowest BCUT2D eigenvalue weighted by molar-refractivity contribution is -0.202. The van der Waals surface area contributed by atoms with Crippen LogP contribution in [0.15, 0.2) is 109 Å². The molecule has 4 N–H and O–H groups in total. The third-order valence-corrected chi connectivity index (χ3v) is 8.60. The van der Waals surface area contributed by atoms with Gasteiger partial charge in [0.05, 0.1) is 29.1 Å². The molecule has 0 bridgehead atoms. The van der Waals surface area contributed by atoms with Gasteiger partial charge in [-0.3, -0.25) is 24.7 Å². The fourth-order valence-corrected chi connectivity index (χ4v) is 6.31. The fraction of sp³-hybridized carbons (Fsp3) is 0.216. The van der Waals surface area contributed by atoms with Gasteiger partial charge < -0.3 is 20.7 Å². The minimum Gasteiger partial charge on any atom is -0.386 e. The fourth-order valence-electron chi connectivity index (χ4n) is 5.99. The van der Waals surface area contributed by atoms with Crippen LogP contribution in [0.1, 0.15) is 58.4 Å². The highest BCUT2D eigenvalue weighted by molar-refractivity contribution is 7.80. The molecule has 2 amide bonds. The first-order valence-corrected chi connectivity index (χ1v) is 16.4. The quantitative estimate of drug-likeness (QED) is 0.0352. The molecule has 14 heteroatoms. The molecule has 5 rings (SSSR count). The predicted octanol–water partition coefficient (Wildman–Crippen LogP) is 6.37. The van der Waals surface area contributed by atoms with Gasteiger partial charge in [-0.2, -0.15) is 25.8 Å². The Hall–Kier alpha value is -5.63. The number of amides is 2. The molecule has 0 radical (unpaired) electrons. The molecule has 0 aromatic heterocycles. The molecule has 0 fully saturated rings. The summed E-state index contributed by atoms with van der Waals surface area (Å²) in [5.41, 5.74) is 7.66. The Balaban J connectivity index is 1.67. The number of aryl methyl sites for hydroxylation is 1. The number of esters is 2. The first kappa shape index (κ1) is 36.6. The van der Waals surface area contributed by atoms with Gasteiger partial charge in [0.25, 0.3) is 11.8 Å². The van der Waals surface area contributed by atoms with Crippen LogP contribution in [0.5, 0.6) is 0 Å². The third-order valence-electron chi connectivity index (χ3n) is 8.21. The molecule has 264 valence electrons. The van der Waals surface area contributed by atoms with Gasteiger partial charge in [0.2, 0.25) is 0 Å². The number of alkyl halides is 3. The number of ether oxygens (including phenoxy) is 1. The van der Waals surface area contributed by atoms with Crippen molar-refractivity contribution in [2.75, 3.05) is 4.90 Å². The number of nitrogens with zero attached hydrogens (tertiary/aromatic N) is 2. The number of rotatable bonds is 11. The summed E-state index contributed by atoms with van der Waals surface area (Å²) in [6.07, 6.45) is -4.71.